The van der Waals surface area contributed by atoms with Gasteiger partial charge in [-0.3, -0.25) is 9.59 Å². The van der Waals surface area contributed by atoms with Gasteiger partial charge in [-0.15, -0.1) is 0 Å². The van der Waals surface area contributed by atoms with E-state index >= 15 is 0 Å². The van der Waals surface area contributed by atoms with E-state index in [1.165, 1.54) is 186 Å². The monoisotopic (exact) mass is 975 g/mol. The van der Waals surface area contributed by atoms with Crippen LogP contribution in [0.5, 0.6) is 0 Å². The van der Waals surface area contributed by atoms with Gasteiger partial charge in [-0.2, -0.15) is 0 Å². The van der Waals surface area contributed by atoms with E-state index in [2.05, 4.69) is 98.9 Å². The molecule has 70 heavy (non-hydrogen) atoms. The van der Waals surface area contributed by atoms with Crippen LogP contribution < -0.4 is 0 Å². The van der Waals surface area contributed by atoms with Crippen molar-refractivity contribution in [2.45, 2.75) is 302 Å². The van der Waals surface area contributed by atoms with Crippen LogP contribution >= 0.6 is 0 Å². The van der Waals surface area contributed by atoms with E-state index in [4.69, 9.17) is 9.47 Å². The average Bonchev–Trinajstić information content (AvgIpc) is 3.36. The summed E-state index contributed by atoms with van der Waals surface area (Å²) in [5.41, 5.74) is 0. The van der Waals surface area contributed by atoms with E-state index in [0.717, 1.165) is 83.5 Å². The smallest absolute Gasteiger partial charge is 0.306 e. The standard InChI is InChI=1S/C65H114O5/c1-3-5-7-9-11-13-15-17-19-20-21-22-23-24-25-26-27-28-29-30-31-32-33-34-35-36-37-38-39-40-41-42-43-44-46-48-50-52-54-56-58-60-65(68)70-63(61-66)62-69-64(67)59-57-55-53-51-49-47-45-18-16-14-12-10-8-6-4-2/h5,7,11,13,17-19,21-22,24-25,27-28,45,63,66H,3-4,6,8-10,12,14-16,20,23,26,29-44,46-62H2,1-2H3/b7-5-,13-11-,19-17-,22-21-,25-24-,28-27-,45-18-. The Balaban J connectivity index is 3.42. The van der Waals surface area contributed by atoms with Gasteiger partial charge in [-0.1, -0.05) is 279 Å². The molecule has 0 saturated heterocycles. The molecule has 0 aromatic heterocycles. The number of unbranched alkanes of at least 4 members (excludes halogenated alkanes) is 33. The topological polar surface area (TPSA) is 72.8 Å². The summed E-state index contributed by atoms with van der Waals surface area (Å²) in [4.78, 5) is 24.5. The minimum atomic E-state index is -0.775. The number of rotatable bonds is 55. The van der Waals surface area contributed by atoms with E-state index in [1.807, 2.05) is 0 Å². The van der Waals surface area contributed by atoms with Crippen molar-refractivity contribution in [3.05, 3.63) is 85.1 Å². The van der Waals surface area contributed by atoms with Crippen molar-refractivity contribution in [2.24, 2.45) is 0 Å². The van der Waals surface area contributed by atoms with Crippen molar-refractivity contribution in [1.82, 2.24) is 0 Å². The van der Waals surface area contributed by atoms with Crippen molar-refractivity contribution >= 4 is 11.9 Å². The van der Waals surface area contributed by atoms with Crippen molar-refractivity contribution in [3.63, 3.8) is 0 Å². The summed E-state index contributed by atoms with van der Waals surface area (Å²) < 4.78 is 10.7. The fourth-order valence-corrected chi connectivity index (χ4v) is 8.67. The van der Waals surface area contributed by atoms with Gasteiger partial charge >= 0.3 is 11.9 Å². The van der Waals surface area contributed by atoms with Gasteiger partial charge in [0.2, 0.25) is 0 Å². The molecule has 0 aliphatic rings. The molecular weight excluding hydrogens is 861 g/mol. The number of carbonyl (C=O) groups is 2. The Kier molecular flexibility index (Phi) is 57.9. The van der Waals surface area contributed by atoms with Crippen molar-refractivity contribution < 1.29 is 24.2 Å². The molecule has 5 heteroatoms. The minimum absolute atomic E-state index is 0.0682. The summed E-state index contributed by atoms with van der Waals surface area (Å²) in [6.45, 7) is 4.03. The largest absolute Gasteiger partial charge is 0.462 e. The number of aliphatic hydroxyl groups is 1. The van der Waals surface area contributed by atoms with Gasteiger partial charge in [0.1, 0.15) is 6.61 Å². The molecule has 0 rings (SSSR count). The lowest BCUT2D eigenvalue weighted by molar-refractivity contribution is -0.161. The lowest BCUT2D eigenvalue weighted by Crippen LogP contribution is -2.28. The summed E-state index contributed by atoms with van der Waals surface area (Å²) in [5, 5.41) is 9.64. The van der Waals surface area contributed by atoms with Crippen LogP contribution in [0.1, 0.15) is 296 Å². The summed E-state index contributed by atoms with van der Waals surface area (Å²) in [6.07, 6.45) is 84.4. The number of hydrogen-bond donors (Lipinski definition) is 1. The summed E-state index contributed by atoms with van der Waals surface area (Å²) in [7, 11) is 0. The molecule has 0 aromatic carbocycles. The second-order valence-electron chi connectivity index (χ2n) is 20.0. The fourth-order valence-electron chi connectivity index (χ4n) is 8.67. The molecule has 404 valence electrons. The van der Waals surface area contributed by atoms with Crippen LogP contribution in [0.15, 0.2) is 85.1 Å². The van der Waals surface area contributed by atoms with Crippen LogP contribution in [0.25, 0.3) is 0 Å². The van der Waals surface area contributed by atoms with E-state index in [9.17, 15) is 14.7 Å². The highest BCUT2D eigenvalue weighted by Crippen LogP contribution is 2.17. The molecule has 5 nitrogen and oxygen atoms in total. The molecular formula is C65H114O5. The highest BCUT2D eigenvalue weighted by molar-refractivity contribution is 5.70. The second-order valence-corrected chi connectivity index (χ2v) is 20.0. The van der Waals surface area contributed by atoms with Gasteiger partial charge in [-0.25, -0.2) is 0 Å². The highest BCUT2D eigenvalue weighted by atomic mass is 16.6. The maximum absolute atomic E-state index is 12.3. The molecule has 0 radical (unpaired) electrons. The molecule has 0 bridgehead atoms. The first-order valence-corrected chi connectivity index (χ1v) is 30.1. The van der Waals surface area contributed by atoms with E-state index in [-0.39, 0.29) is 25.2 Å². The van der Waals surface area contributed by atoms with Gasteiger partial charge in [0.15, 0.2) is 6.10 Å². The lowest BCUT2D eigenvalue weighted by Gasteiger charge is -2.15. The van der Waals surface area contributed by atoms with Crippen LogP contribution in [0, 0.1) is 0 Å². The molecule has 1 N–H and O–H groups in total. The number of hydrogen-bond acceptors (Lipinski definition) is 5. The van der Waals surface area contributed by atoms with Gasteiger partial charge in [-0.05, 0) is 89.9 Å². The number of aliphatic hydroxyl groups excluding tert-OH is 1. The number of allylic oxidation sites excluding steroid dienone is 14. The summed E-state index contributed by atoms with van der Waals surface area (Å²) >= 11 is 0. The van der Waals surface area contributed by atoms with Crippen LogP contribution in [-0.2, 0) is 19.1 Å². The van der Waals surface area contributed by atoms with Crippen molar-refractivity contribution in [1.29, 1.82) is 0 Å². The molecule has 1 unspecified atom stereocenters. The molecule has 0 aliphatic carbocycles. The van der Waals surface area contributed by atoms with Gasteiger partial charge < -0.3 is 14.6 Å². The Morgan fingerprint density at radius 3 is 0.943 bits per heavy atom. The number of ether oxygens (including phenoxy) is 2. The predicted octanol–water partition coefficient (Wildman–Crippen LogP) is 20.5. The Labute approximate surface area is 435 Å². The summed E-state index contributed by atoms with van der Waals surface area (Å²) in [5.74, 6) is -0.590. The molecule has 0 aromatic rings. The quantitative estimate of drug-likeness (QED) is 0.0373. The van der Waals surface area contributed by atoms with Crippen LogP contribution in [0.2, 0.25) is 0 Å². The minimum Gasteiger partial charge on any atom is -0.462 e. The highest BCUT2D eigenvalue weighted by Gasteiger charge is 2.16. The van der Waals surface area contributed by atoms with E-state index in [0.29, 0.717) is 12.8 Å². The third kappa shape index (κ3) is 57.7. The molecule has 0 saturated carbocycles. The first-order valence-electron chi connectivity index (χ1n) is 30.1. The van der Waals surface area contributed by atoms with Gasteiger partial charge in [0.05, 0.1) is 6.61 Å². The number of carbonyl (C=O) groups excluding carboxylic acids is 2. The molecule has 0 fully saturated rings. The van der Waals surface area contributed by atoms with Crippen molar-refractivity contribution in [3.8, 4) is 0 Å². The fraction of sp³-hybridized carbons (Fsp3) is 0.754. The average molecular weight is 976 g/mol. The normalized spacial score (nSPS) is 12.8. The Bertz CT molecular complexity index is 1290. The third-order valence-electron chi connectivity index (χ3n) is 13.2. The van der Waals surface area contributed by atoms with Gasteiger partial charge in [0.25, 0.3) is 0 Å². The maximum atomic E-state index is 12.3. The Morgan fingerprint density at radius 2 is 0.614 bits per heavy atom. The van der Waals surface area contributed by atoms with E-state index in [1.54, 1.807) is 0 Å². The summed E-state index contributed by atoms with van der Waals surface area (Å²) in [6, 6.07) is 0. The lowest BCUT2D eigenvalue weighted by atomic mass is 10.0. The SMILES string of the molecule is CC/C=C\C/C=C\C/C=C\C/C=C\C/C=C\C/C=C\CCCCCCCCCCCCCCCCCCCCCCCCC(=O)OC(CO)COC(=O)CCCCCCC/C=C\CCCCCCCC. The first-order chi connectivity index (χ1) is 34.6. The molecule has 1 atom stereocenters. The van der Waals surface area contributed by atoms with Crippen LogP contribution in [0.3, 0.4) is 0 Å². The zero-order valence-corrected chi connectivity index (χ0v) is 46.3. The number of esters is 2. The molecule has 0 spiro atoms. The zero-order valence-electron chi connectivity index (χ0n) is 46.3. The molecule has 0 amide bonds. The van der Waals surface area contributed by atoms with E-state index < -0.39 is 6.10 Å². The molecule has 0 heterocycles. The third-order valence-corrected chi connectivity index (χ3v) is 13.2. The van der Waals surface area contributed by atoms with Gasteiger partial charge in [0, 0.05) is 12.8 Å². The van der Waals surface area contributed by atoms with Crippen LogP contribution in [0.4, 0.5) is 0 Å². The van der Waals surface area contributed by atoms with Crippen LogP contribution in [-0.4, -0.2) is 36.4 Å². The van der Waals surface area contributed by atoms with Crippen molar-refractivity contribution in [2.75, 3.05) is 13.2 Å². The molecule has 0 aliphatic heterocycles. The zero-order chi connectivity index (χ0) is 50.6. The first kappa shape index (κ1) is 67.1. The maximum Gasteiger partial charge on any atom is 0.306 e. The predicted molar refractivity (Wildman–Crippen MR) is 306 cm³/mol. The Morgan fingerprint density at radius 1 is 0.343 bits per heavy atom. The second kappa shape index (κ2) is 60.4. The Hall–Kier alpha value is -2.92.